The van der Waals surface area contributed by atoms with Gasteiger partial charge in [0, 0.05) is 0 Å². The molecule has 20 heavy (non-hydrogen) atoms. The molecule has 0 aliphatic heterocycles. The lowest BCUT2D eigenvalue weighted by Crippen LogP contribution is -2.49. The molecule has 0 heterocycles. The second-order valence-electron chi connectivity index (χ2n) is 6.61. The highest BCUT2D eigenvalue weighted by Crippen LogP contribution is 2.24. The molecule has 122 valence electrons. The molecule has 0 spiro atoms. The van der Waals surface area contributed by atoms with E-state index in [0.29, 0.717) is 0 Å². The van der Waals surface area contributed by atoms with E-state index >= 15 is 0 Å². The molecule has 0 unspecified atom stereocenters. The zero-order valence-electron chi connectivity index (χ0n) is 14.5. The zero-order chi connectivity index (χ0) is 15.1. The maximum Gasteiger partial charge on any atom is -0.0461 e. The lowest BCUT2D eigenvalue weighted by molar-refractivity contribution is -0.210. The van der Waals surface area contributed by atoms with Gasteiger partial charge in [0.05, 0.1) is 0 Å². The van der Waals surface area contributed by atoms with E-state index in [-0.39, 0.29) is 0 Å². The molecule has 0 amide bonds. The van der Waals surface area contributed by atoms with Crippen molar-refractivity contribution in [3.8, 4) is 0 Å². The predicted octanol–water partition coefficient (Wildman–Crippen LogP) is 6.03. The first-order valence-electron chi connectivity index (χ1n) is 9.39. The summed E-state index contributed by atoms with van der Waals surface area (Å²) in [7, 11) is -2.15. The molecule has 0 radical (unpaired) electrons. The van der Waals surface area contributed by atoms with Gasteiger partial charge >= 0.3 is 0 Å². The van der Waals surface area contributed by atoms with E-state index in [9.17, 15) is 4.80 Å². The Balaban J connectivity index is 3.98. The molecule has 0 aliphatic carbocycles. The van der Waals surface area contributed by atoms with Gasteiger partial charge in [0.1, 0.15) is 0 Å². The van der Waals surface area contributed by atoms with Crippen molar-refractivity contribution in [3.05, 3.63) is 0 Å². The normalized spacial score (nSPS) is 12.0. The highest BCUT2D eigenvalue weighted by molar-refractivity contribution is 6.70. The monoisotopic (exact) mass is 299 g/mol. The lowest BCUT2D eigenvalue weighted by atomic mass is 10.2. The van der Waals surface area contributed by atoms with E-state index in [2.05, 4.69) is 20.8 Å². The first-order chi connectivity index (χ1) is 9.68. The summed E-state index contributed by atoms with van der Waals surface area (Å²) in [5.41, 5.74) is 0. The van der Waals surface area contributed by atoms with Gasteiger partial charge < -0.3 is 4.80 Å². The van der Waals surface area contributed by atoms with Gasteiger partial charge in [-0.25, -0.2) is 0 Å². The zero-order valence-corrected chi connectivity index (χ0v) is 15.5. The van der Waals surface area contributed by atoms with Crippen molar-refractivity contribution < 1.29 is 4.80 Å². The Labute approximate surface area is 129 Å². The molecule has 0 aliphatic rings. The van der Waals surface area contributed by atoms with Gasteiger partial charge in [0.2, 0.25) is 0 Å². The number of unbranched alkanes of at least 4 members (excludes halogenated alkanes) is 9. The second kappa shape index (κ2) is 14.1. The van der Waals surface area contributed by atoms with Gasteiger partial charge in [-0.05, 0) is 8.32 Å². The average Bonchev–Trinajstić information content (AvgIpc) is 2.45. The van der Waals surface area contributed by atoms with Crippen LogP contribution in [0.2, 0.25) is 18.1 Å². The van der Waals surface area contributed by atoms with Crippen LogP contribution in [0.1, 0.15) is 97.8 Å². The highest BCUT2D eigenvalue weighted by Gasteiger charge is 2.17. The molecule has 0 atom stereocenters. The Kier molecular flexibility index (Phi) is 14.3. The van der Waals surface area contributed by atoms with E-state index in [1.807, 2.05) is 0 Å². The van der Waals surface area contributed by atoms with E-state index in [0.717, 1.165) is 18.1 Å². The van der Waals surface area contributed by atoms with Crippen molar-refractivity contribution in [2.75, 3.05) is 0 Å². The minimum atomic E-state index is -2.15. The fourth-order valence-electron chi connectivity index (χ4n) is 3.00. The van der Waals surface area contributed by atoms with Crippen LogP contribution in [-0.2, 0) is 0 Å². The summed E-state index contributed by atoms with van der Waals surface area (Å²) in [6.07, 6.45) is 15.3. The van der Waals surface area contributed by atoms with Gasteiger partial charge in [-0.1, -0.05) is 116 Å². The minimum Gasteiger partial charge on any atom is -0.858 e. The van der Waals surface area contributed by atoms with E-state index in [1.54, 1.807) is 0 Å². The summed E-state index contributed by atoms with van der Waals surface area (Å²) >= 11 is 0. The third kappa shape index (κ3) is 12.0. The summed E-state index contributed by atoms with van der Waals surface area (Å²) in [5, 5.41) is 0. The molecule has 1 nitrogen and oxygen atoms in total. The SMILES string of the molecule is CCCCCC[Si]([O-])(CCCCCC)CCCCCC. The van der Waals surface area contributed by atoms with Crippen LogP contribution in [0.4, 0.5) is 0 Å². The molecule has 0 aromatic heterocycles. The van der Waals surface area contributed by atoms with Crippen LogP contribution >= 0.6 is 0 Å². The van der Waals surface area contributed by atoms with E-state index < -0.39 is 8.32 Å². The van der Waals surface area contributed by atoms with Gasteiger partial charge in [-0.15, -0.1) is 0 Å². The van der Waals surface area contributed by atoms with Crippen molar-refractivity contribution >= 4 is 8.32 Å². The van der Waals surface area contributed by atoms with E-state index in [4.69, 9.17) is 0 Å². The van der Waals surface area contributed by atoms with Crippen molar-refractivity contribution in [1.82, 2.24) is 0 Å². The molecule has 0 aromatic carbocycles. The van der Waals surface area contributed by atoms with Crippen molar-refractivity contribution in [3.63, 3.8) is 0 Å². The lowest BCUT2D eigenvalue weighted by Gasteiger charge is -2.40. The van der Waals surface area contributed by atoms with Crippen molar-refractivity contribution in [2.24, 2.45) is 0 Å². The Morgan fingerprint density at radius 2 is 0.800 bits per heavy atom. The molecule has 0 rings (SSSR count). The Morgan fingerprint density at radius 3 is 1.05 bits per heavy atom. The fraction of sp³-hybridized carbons (Fsp3) is 1.00. The molecule has 0 N–H and O–H groups in total. The number of hydrogen-bond acceptors (Lipinski definition) is 1. The minimum absolute atomic E-state index is 1.06. The first-order valence-corrected chi connectivity index (χ1v) is 11.9. The van der Waals surface area contributed by atoms with E-state index in [1.165, 1.54) is 77.0 Å². The molecular formula is C18H39OSi-. The number of hydrogen-bond donors (Lipinski definition) is 0. The molecule has 0 bridgehead atoms. The van der Waals surface area contributed by atoms with Crippen LogP contribution in [0.15, 0.2) is 0 Å². The summed E-state index contributed by atoms with van der Waals surface area (Å²) in [6, 6.07) is 3.18. The topological polar surface area (TPSA) is 23.1 Å². The molecular weight excluding hydrogens is 260 g/mol. The summed E-state index contributed by atoms with van der Waals surface area (Å²) in [4.78, 5) is 13.1. The van der Waals surface area contributed by atoms with Crippen LogP contribution in [0.25, 0.3) is 0 Å². The van der Waals surface area contributed by atoms with Crippen LogP contribution in [-0.4, -0.2) is 8.32 Å². The molecule has 0 saturated heterocycles. The largest absolute Gasteiger partial charge is 0.858 e. The molecule has 0 aromatic rings. The highest BCUT2D eigenvalue weighted by atomic mass is 28.4. The average molecular weight is 300 g/mol. The summed E-state index contributed by atoms with van der Waals surface area (Å²) < 4.78 is 0. The van der Waals surface area contributed by atoms with Crippen LogP contribution in [0.5, 0.6) is 0 Å². The molecule has 0 saturated carbocycles. The number of rotatable bonds is 15. The Bertz CT molecular complexity index is 163. The van der Waals surface area contributed by atoms with Gasteiger partial charge in [-0.2, -0.15) is 0 Å². The van der Waals surface area contributed by atoms with Gasteiger partial charge in [0.25, 0.3) is 0 Å². The maximum atomic E-state index is 13.1. The van der Waals surface area contributed by atoms with Crippen molar-refractivity contribution in [2.45, 2.75) is 116 Å². The van der Waals surface area contributed by atoms with Crippen LogP contribution in [0, 0.1) is 0 Å². The standard InChI is InChI=1S/C18H39OSi/c1-4-7-10-13-16-20(19,17-14-11-8-5-2)18-15-12-9-6-3/h4-18H2,1-3H3/q-1. The Morgan fingerprint density at radius 1 is 0.500 bits per heavy atom. The van der Waals surface area contributed by atoms with Crippen LogP contribution < -0.4 is 4.80 Å². The predicted molar refractivity (Wildman–Crippen MR) is 92.6 cm³/mol. The summed E-state index contributed by atoms with van der Waals surface area (Å²) in [5.74, 6) is 0. The van der Waals surface area contributed by atoms with Crippen LogP contribution in [0.3, 0.4) is 0 Å². The van der Waals surface area contributed by atoms with Gasteiger partial charge in [-0.3, -0.25) is 0 Å². The van der Waals surface area contributed by atoms with Crippen molar-refractivity contribution in [1.29, 1.82) is 0 Å². The third-order valence-electron chi connectivity index (χ3n) is 4.46. The smallest absolute Gasteiger partial charge is 0.0461 e. The second-order valence-corrected chi connectivity index (χ2v) is 10.5. The quantitative estimate of drug-likeness (QED) is 0.267. The maximum absolute atomic E-state index is 13.1. The third-order valence-corrected chi connectivity index (χ3v) is 8.25. The fourth-order valence-corrected chi connectivity index (χ4v) is 6.43. The first kappa shape index (κ1) is 20.2. The molecule has 0 fully saturated rings. The Hall–Kier alpha value is 0.177. The summed E-state index contributed by atoms with van der Waals surface area (Å²) in [6.45, 7) is 6.74. The molecule has 2 heteroatoms. The van der Waals surface area contributed by atoms with Gasteiger partial charge in [0.15, 0.2) is 0 Å².